The van der Waals surface area contributed by atoms with Crippen molar-refractivity contribution in [3.8, 4) is 0 Å². The van der Waals surface area contributed by atoms with Gasteiger partial charge in [0.1, 0.15) is 0 Å². The largest absolute Gasteiger partial charge is 0.0858 e. The lowest BCUT2D eigenvalue weighted by atomic mass is 9.74. The van der Waals surface area contributed by atoms with Gasteiger partial charge in [0, 0.05) is 4.43 Å². The third-order valence-electron chi connectivity index (χ3n) is 3.08. The van der Waals surface area contributed by atoms with Crippen LogP contribution in [0.2, 0.25) is 0 Å². The van der Waals surface area contributed by atoms with Gasteiger partial charge in [0.05, 0.1) is 0 Å². The van der Waals surface area contributed by atoms with Crippen molar-refractivity contribution >= 4 is 22.6 Å². The molecular weight excluding hydrogens is 259 g/mol. The Morgan fingerprint density at radius 2 is 1.75 bits per heavy atom. The fourth-order valence-corrected chi connectivity index (χ4v) is 2.88. The van der Waals surface area contributed by atoms with Crippen LogP contribution in [-0.4, -0.2) is 4.43 Å². The Bertz CT molecular complexity index is 143. The highest BCUT2D eigenvalue weighted by Crippen LogP contribution is 2.46. The lowest BCUT2D eigenvalue weighted by Crippen LogP contribution is -2.24. The van der Waals surface area contributed by atoms with Gasteiger partial charge in [-0.25, -0.2) is 0 Å². The van der Waals surface area contributed by atoms with E-state index in [0.717, 1.165) is 0 Å². The molecule has 0 aliphatic heterocycles. The molecule has 0 radical (unpaired) electrons. The van der Waals surface area contributed by atoms with Crippen molar-refractivity contribution in [2.24, 2.45) is 10.8 Å². The second kappa shape index (κ2) is 3.85. The maximum absolute atomic E-state index is 2.52. The molecule has 1 rings (SSSR count). The summed E-state index contributed by atoms with van der Waals surface area (Å²) in [5.41, 5.74) is 1.23. The molecule has 1 aliphatic rings. The number of hydrogen-bond donors (Lipinski definition) is 0. The predicted molar refractivity (Wildman–Crippen MR) is 63.9 cm³/mol. The zero-order valence-electron chi connectivity index (χ0n) is 8.62. The molecular formula is C11H21I. The third-order valence-corrected chi connectivity index (χ3v) is 5.14. The van der Waals surface area contributed by atoms with Crippen molar-refractivity contribution < 1.29 is 0 Å². The first-order chi connectivity index (χ1) is 5.47. The van der Waals surface area contributed by atoms with Crippen LogP contribution in [-0.2, 0) is 0 Å². The standard InChI is InChI=1S/C11H21I/c1-10(2,9-12)8-11(3)6-4-5-7-11/h4-9H2,1-3H3. The van der Waals surface area contributed by atoms with Crippen LogP contribution in [0.3, 0.4) is 0 Å². The Kier molecular flexibility index (Phi) is 3.47. The second-order valence-corrected chi connectivity index (χ2v) is 6.26. The summed E-state index contributed by atoms with van der Waals surface area (Å²) in [6.07, 6.45) is 7.28. The lowest BCUT2D eigenvalue weighted by molar-refractivity contribution is 0.204. The van der Waals surface area contributed by atoms with E-state index >= 15 is 0 Å². The zero-order chi connectivity index (χ0) is 9.24. The zero-order valence-corrected chi connectivity index (χ0v) is 10.8. The Morgan fingerprint density at radius 3 is 2.17 bits per heavy atom. The van der Waals surface area contributed by atoms with Gasteiger partial charge >= 0.3 is 0 Å². The minimum Gasteiger partial charge on any atom is -0.0858 e. The SMILES string of the molecule is CC(C)(CI)CC1(C)CCCC1. The van der Waals surface area contributed by atoms with Crippen LogP contribution in [0.1, 0.15) is 52.9 Å². The summed E-state index contributed by atoms with van der Waals surface area (Å²) in [6, 6.07) is 0. The van der Waals surface area contributed by atoms with Crippen molar-refractivity contribution in [3.63, 3.8) is 0 Å². The minimum absolute atomic E-state index is 0.555. The van der Waals surface area contributed by atoms with Gasteiger partial charge in [0.15, 0.2) is 0 Å². The molecule has 0 heterocycles. The number of alkyl halides is 1. The molecule has 0 amide bonds. The molecule has 1 heteroatoms. The molecule has 0 aromatic carbocycles. The van der Waals surface area contributed by atoms with Gasteiger partial charge in [0.25, 0.3) is 0 Å². The molecule has 0 saturated heterocycles. The maximum Gasteiger partial charge on any atom is 0.00469 e. The quantitative estimate of drug-likeness (QED) is 0.530. The van der Waals surface area contributed by atoms with E-state index in [1.165, 1.54) is 36.5 Å². The normalized spacial score (nSPS) is 23.0. The summed E-state index contributed by atoms with van der Waals surface area (Å²) >= 11 is 2.52. The molecule has 0 bridgehead atoms. The number of rotatable bonds is 3. The van der Waals surface area contributed by atoms with E-state index < -0.39 is 0 Å². The first kappa shape index (κ1) is 10.8. The molecule has 0 spiro atoms. The minimum atomic E-state index is 0.555. The molecule has 1 saturated carbocycles. The van der Waals surface area contributed by atoms with Crippen molar-refractivity contribution in [1.82, 2.24) is 0 Å². The average molecular weight is 280 g/mol. The lowest BCUT2D eigenvalue weighted by Gasteiger charge is -2.33. The van der Waals surface area contributed by atoms with Crippen LogP contribution in [0.5, 0.6) is 0 Å². The fourth-order valence-electron chi connectivity index (χ4n) is 2.61. The molecule has 0 aromatic heterocycles. The van der Waals surface area contributed by atoms with Crippen LogP contribution in [0.25, 0.3) is 0 Å². The number of halogens is 1. The van der Waals surface area contributed by atoms with Crippen LogP contribution >= 0.6 is 22.6 Å². The Labute approximate surface area is 90.6 Å². The highest BCUT2D eigenvalue weighted by molar-refractivity contribution is 14.1. The summed E-state index contributed by atoms with van der Waals surface area (Å²) < 4.78 is 1.29. The summed E-state index contributed by atoms with van der Waals surface area (Å²) in [5, 5.41) is 0. The molecule has 0 N–H and O–H groups in total. The molecule has 72 valence electrons. The van der Waals surface area contributed by atoms with Gasteiger partial charge in [0.2, 0.25) is 0 Å². The van der Waals surface area contributed by atoms with Gasteiger partial charge < -0.3 is 0 Å². The predicted octanol–water partition coefficient (Wildman–Crippen LogP) is 4.42. The molecule has 12 heavy (non-hydrogen) atoms. The molecule has 0 aromatic rings. The monoisotopic (exact) mass is 280 g/mol. The summed E-state index contributed by atoms with van der Waals surface area (Å²) in [6.45, 7) is 7.29. The van der Waals surface area contributed by atoms with E-state index in [2.05, 4.69) is 43.4 Å². The van der Waals surface area contributed by atoms with E-state index in [4.69, 9.17) is 0 Å². The van der Waals surface area contributed by atoms with Crippen molar-refractivity contribution in [2.45, 2.75) is 52.9 Å². The Hall–Kier alpha value is 0.730. The van der Waals surface area contributed by atoms with Crippen LogP contribution in [0.4, 0.5) is 0 Å². The maximum atomic E-state index is 2.52. The van der Waals surface area contributed by atoms with Crippen molar-refractivity contribution in [3.05, 3.63) is 0 Å². The van der Waals surface area contributed by atoms with Gasteiger partial charge in [-0.05, 0) is 30.1 Å². The van der Waals surface area contributed by atoms with Gasteiger partial charge in [-0.15, -0.1) is 0 Å². The molecule has 0 nitrogen and oxygen atoms in total. The van der Waals surface area contributed by atoms with Gasteiger partial charge in [-0.2, -0.15) is 0 Å². The van der Waals surface area contributed by atoms with Crippen LogP contribution in [0, 0.1) is 10.8 Å². The smallest absolute Gasteiger partial charge is 0.00469 e. The van der Waals surface area contributed by atoms with E-state index in [-0.39, 0.29) is 0 Å². The highest BCUT2D eigenvalue weighted by atomic mass is 127. The topological polar surface area (TPSA) is 0 Å². The molecule has 1 aliphatic carbocycles. The Balaban J connectivity index is 2.48. The van der Waals surface area contributed by atoms with Crippen LogP contribution in [0.15, 0.2) is 0 Å². The molecule has 1 fully saturated rings. The fraction of sp³-hybridized carbons (Fsp3) is 1.00. The van der Waals surface area contributed by atoms with Crippen LogP contribution < -0.4 is 0 Å². The van der Waals surface area contributed by atoms with E-state index in [0.29, 0.717) is 10.8 Å². The van der Waals surface area contributed by atoms with Gasteiger partial charge in [-0.1, -0.05) is 56.2 Å². The highest BCUT2D eigenvalue weighted by Gasteiger charge is 2.34. The summed E-state index contributed by atoms with van der Waals surface area (Å²) in [5.74, 6) is 0. The van der Waals surface area contributed by atoms with Gasteiger partial charge in [-0.3, -0.25) is 0 Å². The van der Waals surface area contributed by atoms with Crippen molar-refractivity contribution in [1.29, 1.82) is 0 Å². The third kappa shape index (κ3) is 2.90. The van der Waals surface area contributed by atoms with E-state index in [1.54, 1.807) is 0 Å². The first-order valence-corrected chi connectivity index (χ1v) is 6.56. The first-order valence-electron chi connectivity index (χ1n) is 5.04. The summed E-state index contributed by atoms with van der Waals surface area (Å²) in [4.78, 5) is 0. The molecule has 0 unspecified atom stereocenters. The second-order valence-electron chi connectivity index (χ2n) is 5.49. The molecule has 0 atom stereocenters. The average Bonchev–Trinajstić information content (AvgIpc) is 2.35. The van der Waals surface area contributed by atoms with Crippen molar-refractivity contribution in [2.75, 3.05) is 4.43 Å². The van der Waals surface area contributed by atoms with E-state index in [1.807, 2.05) is 0 Å². The van der Waals surface area contributed by atoms with E-state index in [9.17, 15) is 0 Å². The summed E-state index contributed by atoms with van der Waals surface area (Å²) in [7, 11) is 0. The number of hydrogen-bond acceptors (Lipinski definition) is 0. The Morgan fingerprint density at radius 1 is 1.25 bits per heavy atom.